The summed E-state index contributed by atoms with van der Waals surface area (Å²) in [7, 11) is 0. The quantitative estimate of drug-likeness (QED) is 0.584. The topological polar surface area (TPSA) is 58.2 Å². The van der Waals surface area contributed by atoms with Crippen LogP contribution in [-0.4, -0.2) is 21.5 Å². The first-order valence-electron chi connectivity index (χ1n) is 7.47. The molecule has 0 saturated heterocycles. The molecule has 0 heterocycles. The molecule has 1 rings (SSSR count). The largest absolute Gasteiger partial charge is 0.325 e. The Kier molecular flexibility index (Phi) is 8.71. The van der Waals surface area contributed by atoms with Crippen molar-refractivity contribution in [2.45, 2.75) is 49.2 Å². The number of hydrogen-bond donors (Lipinski definition) is 2. The zero-order valence-corrected chi connectivity index (χ0v) is 16.0. The van der Waals surface area contributed by atoms with Crippen molar-refractivity contribution in [3.63, 3.8) is 0 Å². The first-order valence-corrected chi connectivity index (χ1v) is 9.31. The number of hydrogen-bond acceptors (Lipinski definition) is 2. The molecular weight excluding hydrogens is 412 g/mol. The van der Waals surface area contributed by atoms with Gasteiger partial charge in [-0.25, -0.2) is 0 Å². The highest BCUT2D eigenvalue weighted by Gasteiger charge is 2.15. The number of carbonyl (C=O) groups is 2. The van der Waals surface area contributed by atoms with Gasteiger partial charge in [0.1, 0.15) is 0 Å². The van der Waals surface area contributed by atoms with Crippen LogP contribution < -0.4 is 10.6 Å². The fourth-order valence-electron chi connectivity index (χ4n) is 1.88. The van der Waals surface area contributed by atoms with Gasteiger partial charge >= 0.3 is 0 Å². The summed E-state index contributed by atoms with van der Waals surface area (Å²) in [5.41, 5.74) is 1.34. The van der Waals surface area contributed by atoms with E-state index in [1.165, 1.54) is 0 Å². The molecule has 22 heavy (non-hydrogen) atoms. The van der Waals surface area contributed by atoms with Crippen LogP contribution in [0.25, 0.3) is 0 Å². The lowest BCUT2D eigenvalue weighted by molar-refractivity contribution is -0.116. The molecule has 0 aromatic heterocycles. The highest BCUT2D eigenvalue weighted by molar-refractivity contribution is 9.10. The second kappa shape index (κ2) is 10.0. The van der Waals surface area contributed by atoms with Gasteiger partial charge in [0.05, 0.1) is 9.65 Å². The smallest absolute Gasteiger partial charge is 0.238 e. The number of amides is 2. The molecule has 0 radical (unpaired) electrons. The average molecular weight is 434 g/mol. The minimum Gasteiger partial charge on any atom is -0.325 e. The number of benzene rings is 1. The molecule has 0 spiro atoms. The van der Waals surface area contributed by atoms with Gasteiger partial charge in [0.2, 0.25) is 11.8 Å². The Bertz CT molecular complexity index is 467. The molecule has 0 unspecified atom stereocenters. The molecule has 2 N–H and O–H groups in total. The van der Waals surface area contributed by atoms with Gasteiger partial charge in [-0.3, -0.25) is 9.59 Å². The number of nitrogens with one attached hydrogen (secondary N) is 2. The molecule has 0 aliphatic heterocycles. The van der Waals surface area contributed by atoms with E-state index in [1.54, 1.807) is 24.3 Å². The molecule has 0 aliphatic carbocycles. The summed E-state index contributed by atoms with van der Waals surface area (Å²) in [6.07, 6.45) is 3.43. The first kappa shape index (κ1) is 19.2. The molecule has 0 saturated carbocycles. The summed E-state index contributed by atoms with van der Waals surface area (Å²) in [4.78, 5) is 23.5. The minimum absolute atomic E-state index is 0.0744. The predicted octanol–water partition coefficient (Wildman–Crippen LogP) is 4.69. The van der Waals surface area contributed by atoms with E-state index in [9.17, 15) is 9.59 Å². The third kappa shape index (κ3) is 6.48. The van der Waals surface area contributed by atoms with E-state index in [0.29, 0.717) is 11.4 Å². The molecule has 122 valence electrons. The Morgan fingerprint density at radius 1 is 0.955 bits per heavy atom. The molecule has 0 bridgehead atoms. The van der Waals surface area contributed by atoms with Crippen LogP contribution in [-0.2, 0) is 9.59 Å². The van der Waals surface area contributed by atoms with Crippen molar-refractivity contribution in [1.29, 1.82) is 0 Å². The van der Waals surface area contributed by atoms with E-state index in [4.69, 9.17) is 0 Å². The van der Waals surface area contributed by atoms with Gasteiger partial charge in [-0.05, 0) is 31.0 Å². The molecule has 0 fully saturated rings. The number of rotatable bonds is 8. The Labute approximate surface area is 148 Å². The number of carbonyl (C=O) groups excluding carboxylic acids is 2. The lowest BCUT2D eigenvalue weighted by Gasteiger charge is -2.13. The normalized spacial score (nSPS) is 13.3. The third-order valence-electron chi connectivity index (χ3n) is 3.05. The fourth-order valence-corrected chi connectivity index (χ4v) is 3.03. The molecule has 4 nitrogen and oxygen atoms in total. The van der Waals surface area contributed by atoms with Crippen molar-refractivity contribution in [3.05, 3.63) is 24.3 Å². The van der Waals surface area contributed by atoms with Crippen molar-refractivity contribution >= 4 is 55.0 Å². The Balaban J connectivity index is 2.66. The van der Waals surface area contributed by atoms with E-state index in [1.807, 2.05) is 13.8 Å². The summed E-state index contributed by atoms with van der Waals surface area (Å²) in [5.74, 6) is -0.149. The maximum Gasteiger partial charge on any atom is 0.238 e. The molecule has 6 heteroatoms. The highest BCUT2D eigenvalue weighted by atomic mass is 79.9. The highest BCUT2D eigenvalue weighted by Crippen LogP contribution is 2.19. The van der Waals surface area contributed by atoms with Crippen molar-refractivity contribution in [3.8, 4) is 0 Å². The Morgan fingerprint density at radius 3 is 1.73 bits per heavy atom. The first-order chi connectivity index (χ1) is 10.5. The maximum atomic E-state index is 12.0. The molecule has 1 aromatic rings. The van der Waals surface area contributed by atoms with Crippen molar-refractivity contribution in [2.24, 2.45) is 0 Å². The van der Waals surface area contributed by atoms with Gasteiger partial charge in [-0.2, -0.15) is 0 Å². The fraction of sp³-hybridized carbons (Fsp3) is 0.500. The lowest BCUT2D eigenvalue weighted by Crippen LogP contribution is -2.24. The van der Waals surface area contributed by atoms with Crippen LogP contribution in [0.3, 0.4) is 0 Å². The third-order valence-corrected chi connectivity index (χ3v) is 4.80. The second-order valence-corrected chi connectivity index (χ2v) is 7.28. The van der Waals surface area contributed by atoms with Gasteiger partial charge < -0.3 is 10.6 Å². The van der Waals surface area contributed by atoms with E-state index in [2.05, 4.69) is 42.5 Å². The van der Waals surface area contributed by atoms with E-state index in [-0.39, 0.29) is 21.5 Å². The Hall–Kier alpha value is -0.880. The summed E-state index contributed by atoms with van der Waals surface area (Å²) >= 11 is 6.74. The zero-order valence-electron chi connectivity index (χ0n) is 12.9. The van der Waals surface area contributed by atoms with E-state index < -0.39 is 0 Å². The monoisotopic (exact) mass is 432 g/mol. The summed E-state index contributed by atoms with van der Waals surface area (Å²) < 4.78 is 0. The standard InChI is InChI=1S/C16H22Br2N2O2/c1-3-6-13(17)15(21)19-11-8-5-9-12(10-11)20-16(22)14(18)7-4-2/h5,8-10,13-14H,3-4,6-7H2,1-2H3,(H,19,21)(H,20,22)/t13-,14-/m1/s1. The lowest BCUT2D eigenvalue weighted by atomic mass is 10.2. The van der Waals surface area contributed by atoms with Crippen molar-refractivity contribution < 1.29 is 9.59 Å². The van der Waals surface area contributed by atoms with Gasteiger partial charge in [0.15, 0.2) is 0 Å². The summed E-state index contributed by atoms with van der Waals surface area (Å²) in [5, 5.41) is 5.69. The SMILES string of the molecule is CCC[C@@H](Br)C(=O)Nc1cccc(NC(=O)[C@H](Br)CCC)c1. The van der Waals surface area contributed by atoms with Gasteiger partial charge in [0.25, 0.3) is 0 Å². The molecule has 2 amide bonds. The van der Waals surface area contributed by atoms with Crippen LogP contribution in [0, 0.1) is 0 Å². The molecule has 1 aromatic carbocycles. The zero-order chi connectivity index (χ0) is 16.5. The van der Waals surface area contributed by atoms with Crippen LogP contribution in [0.2, 0.25) is 0 Å². The van der Waals surface area contributed by atoms with E-state index in [0.717, 1.165) is 25.7 Å². The number of alkyl halides is 2. The van der Waals surface area contributed by atoms with E-state index >= 15 is 0 Å². The van der Waals surface area contributed by atoms with Crippen LogP contribution in [0.15, 0.2) is 24.3 Å². The average Bonchev–Trinajstić information content (AvgIpc) is 2.48. The van der Waals surface area contributed by atoms with Crippen molar-refractivity contribution in [2.75, 3.05) is 10.6 Å². The van der Waals surface area contributed by atoms with Crippen LogP contribution in [0.1, 0.15) is 39.5 Å². The van der Waals surface area contributed by atoms with Gasteiger partial charge in [-0.15, -0.1) is 0 Å². The summed E-state index contributed by atoms with van der Waals surface area (Å²) in [6, 6.07) is 7.16. The van der Waals surface area contributed by atoms with Gasteiger partial charge in [0, 0.05) is 11.4 Å². The summed E-state index contributed by atoms with van der Waals surface area (Å²) in [6.45, 7) is 4.06. The molecule has 0 aliphatic rings. The van der Waals surface area contributed by atoms with Crippen LogP contribution in [0.5, 0.6) is 0 Å². The molecule has 2 atom stereocenters. The molecular formula is C16H22Br2N2O2. The predicted molar refractivity (Wildman–Crippen MR) is 98.9 cm³/mol. The van der Waals surface area contributed by atoms with Crippen LogP contribution in [0.4, 0.5) is 11.4 Å². The van der Waals surface area contributed by atoms with Crippen LogP contribution >= 0.6 is 31.9 Å². The van der Waals surface area contributed by atoms with Crippen molar-refractivity contribution in [1.82, 2.24) is 0 Å². The minimum atomic E-state index is -0.202. The van der Waals surface area contributed by atoms with Gasteiger partial charge in [-0.1, -0.05) is 64.6 Å². The maximum absolute atomic E-state index is 12.0. The second-order valence-electron chi connectivity index (χ2n) is 5.07. The number of anilines is 2. The number of halogens is 2. The Morgan fingerprint density at radius 2 is 1.36 bits per heavy atom.